The minimum atomic E-state index is -3.50. The standard InChI is InChI=1S/C9H10BrClN2O2S/c10-9-7(11)2-1-3-8(9)13-16(14,15)12-6-4-5-6/h1-3,6,12-13H,4-5H2. The Hall–Kier alpha value is -0.300. The summed E-state index contributed by atoms with van der Waals surface area (Å²) in [4.78, 5) is 0. The zero-order chi connectivity index (χ0) is 11.8. The van der Waals surface area contributed by atoms with Crippen molar-refractivity contribution in [2.75, 3.05) is 4.72 Å². The van der Waals surface area contributed by atoms with Gasteiger partial charge in [0.1, 0.15) is 0 Å². The fourth-order valence-corrected chi connectivity index (χ4v) is 3.04. The lowest BCUT2D eigenvalue weighted by atomic mass is 10.3. The van der Waals surface area contributed by atoms with E-state index in [1.54, 1.807) is 18.2 Å². The average Bonchev–Trinajstić information content (AvgIpc) is 2.95. The van der Waals surface area contributed by atoms with Gasteiger partial charge in [0.25, 0.3) is 10.2 Å². The second-order valence-corrected chi connectivity index (χ2v) is 6.25. The zero-order valence-corrected chi connectivity index (χ0v) is 11.4. The highest BCUT2D eigenvalue weighted by Crippen LogP contribution is 2.30. The number of nitrogens with one attached hydrogen (secondary N) is 2. The fraction of sp³-hybridized carbons (Fsp3) is 0.333. The van der Waals surface area contributed by atoms with Gasteiger partial charge in [-0.15, -0.1) is 0 Å². The molecule has 88 valence electrons. The maximum absolute atomic E-state index is 11.6. The molecule has 1 aromatic carbocycles. The normalized spacial score (nSPS) is 16.1. The molecule has 0 aliphatic heterocycles. The fourth-order valence-electron chi connectivity index (χ4n) is 1.18. The molecule has 7 heteroatoms. The van der Waals surface area contributed by atoms with Crippen molar-refractivity contribution in [3.05, 3.63) is 27.7 Å². The van der Waals surface area contributed by atoms with Crippen LogP contribution in [0.15, 0.2) is 22.7 Å². The number of hydrogen-bond acceptors (Lipinski definition) is 2. The van der Waals surface area contributed by atoms with Crippen LogP contribution in [0.3, 0.4) is 0 Å². The number of anilines is 1. The van der Waals surface area contributed by atoms with Crippen LogP contribution in [0, 0.1) is 0 Å². The first-order valence-electron chi connectivity index (χ1n) is 4.72. The largest absolute Gasteiger partial charge is 0.299 e. The third kappa shape index (κ3) is 3.10. The number of rotatable bonds is 4. The van der Waals surface area contributed by atoms with Gasteiger partial charge < -0.3 is 0 Å². The molecule has 0 amide bonds. The molecule has 4 nitrogen and oxygen atoms in total. The van der Waals surface area contributed by atoms with Gasteiger partial charge in [0.2, 0.25) is 0 Å². The van der Waals surface area contributed by atoms with Crippen molar-refractivity contribution >= 4 is 43.4 Å². The molecule has 0 saturated heterocycles. The van der Waals surface area contributed by atoms with Crippen LogP contribution in [0.25, 0.3) is 0 Å². The van der Waals surface area contributed by atoms with Gasteiger partial charge in [-0.1, -0.05) is 17.7 Å². The van der Waals surface area contributed by atoms with Crippen molar-refractivity contribution in [3.8, 4) is 0 Å². The smallest absolute Gasteiger partial charge is 0.270 e. The first kappa shape index (κ1) is 12.2. The van der Waals surface area contributed by atoms with Gasteiger partial charge >= 0.3 is 0 Å². The van der Waals surface area contributed by atoms with E-state index in [2.05, 4.69) is 25.4 Å². The van der Waals surface area contributed by atoms with Crippen molar-refractivity contribution in [3.63, 3.8) is 0 Å². The van der Waals surface area contributed by atoms with Crippen LogP contribution < -0.4 is 9.44 Å². The molecule has 1 fully saturated rings. The molecule has 2 rings (SSSR count). The van der Waals surface area contributed by atoms with E-state index < -0.39 is 10.2 Å². The molecule has 0 atom stereocenters. The summed E-state index contributed by atoms with van der Waals surface area (Å²) in [5.41, 5.74) is 0.431. The van der Waals surface area contributed by atoms with Crippen LogP contribution in [-0.2, 0) is 10.2 Å². The van der Waals surface area contributed by atoms with Crippen LogP contribution in [-0.4, -0.2) is 14.5 Å². The molecular formula is C9H10BrClN2O2S. The third-order valence-corrected chi connectivity index (χ3v) is 4.62. The summed E-state index contributed by atoms with van der Waals surface area (Å²) >= 11 is 9.09. The predicted molar refractivity (Wildman–Crippen MR) is 67.9 cm³/mol. The van der Waals surface area contributed by atoms with E-state index in [9.17, 15) is 8.42 Å². The van der Waals surface area contributed by atoms with Crippen LogP contribution >= 0.6 is 27.5 Å². The molecule has 1 aliphatic rings. The summed E-state index contributed by atoms with van der Waals surface area (Å²) in [7, 11) is -3.50. The summed E-state index contributed by atoms with van der Waals surface area (Å²) in [6.45, 7) is 0. The lowest BCUT2D eigenvalue weighted by molar-refractivity contribution is 0.586. The van der Waals surface area contributed by atoms with Crippen molar-refractivity contribution in [1.29, 1.82) is 0 Å². The zero-order valence-electron chi connectivity index (χ0n) is 8.20. The van der Waals surface area contributed by atoms with E-state index in [-0.39, 0.29) is 6.04 Å². The van der Waals surface area contributed by atoms with Gasteiger partial charge in [0, 0.05) is 6.04 Å². The third-order valence-electron chi connectivity index (χ3n) is 2.10. The van der Waals surface area contributed by atoms with Crippen LogP contribution in [0.2, 0.25) is 5.02 Å². The Kier molecular flexibility index (Phi) is 3.44. The van der Waals surface area contributed by atoms with E-state index in [0.717, 1.165) is 12.8 Å². The monoisotopic (exact) mass is 324 g/mol. The quantitative estimate of drug-likeness (QED) is 0.893. The van der Waals surface area contributed by atoms with Gasteiger partial charge in [-0.25, -0.2) is 0 Å². The second-order valence-electron chi connectivity index (χ2n) is 3.60. The Balaban J connectivity index is 2.16. The summed E-state index contributed by atoms with van der Waals surface area (Å²) < 4.78 is 28.7. The second kappa shape index (κ2) is 4.52. The topological polar surface area (TPSA) is 58.2 Å². The number of halogens is 2. The molecule has 16 heavy (non-hydrogen) atoms. The van der Waals surface area contributed by atoms with Gasteiger partial charge in [-0.05, 0) is 40.9 Å². The molecule has 0 radical (unpaired) electrons. The first-order chi connectivity index (χ1) is 7.48. The van der Waals surface area contributed by atoms with Gasteiger partial charge in [-0.3, -0.25) is 4.72 Å². The molecule has 1 aromatic rings. The van der Waals surface area contributed by atoms with Gasteiger partial charge in [0.15, 0.2) is 0 Å². The van der Waals surface area contributed by atoms with E-state index in [1.165, 1.54) is 0 Å². The van der Waals surface area contributed by atoms with Crippen molar-refractivity contribution < 1.29 is 8.42 Å². The minimum absolute atomic E-state index is 0.0791. The van der Waals surface area contributed by atoms with E-state index in [4.69, 9.17) is 11.6 Å². The Bertz CT molecular complexity index is 502. The number of hydrogen-bond donors (Lipinski definition) is 2. The molecule has 0 heterocycles. The molecule has 1 saturated carbocycles. The van der Waals surface area contributed by atoms with Gasteiger partial charge in [-0.2, -0.15) is 13.1 Å². The van der Waals surface area contributed by atoms with E-state index in [0.29, 0.717) is 15.2 Å². The van der Waals surface area contributed by atoms with E-state index in [1.807, 2.05) is 0 Å². The highest BCUT2D eigenvalue weighted by molar-refractivity contribution is 9.10. The van der Waals surface area contributed by atoms with Crippen molar-refractivity contribution in [2.24, 2.45) is 0 Å². The van der Waals surface area contributed by atoms with Gasteiger partial charge in [0.05, 0.1) is 15.2 Å². The minimum Gasteiger partial charge on any atom is -0.270 e. The Morgan fingerprint density at radius 3 is 2.69 bits per heavy atom. The highest BCUT2D eigenvalue weighted by atomic mass is 79.9. The number of benzene rings is 1. The Morgan fingerprint density at radius 2 is 2.06 bits per heavy atom. The first-order valence-corrected chi connectivity index (χ1v) is 7.37. The molecular weight excluding hydrogens is 316 g/mol. The predicted octanol–water partition coefficient (Wildman–Crippen LogP) is 2.51. The molecule has 0 spiro atoms. The lowest BCUT2D eigenvalue weighted by Gasteiger charge is -2.10. The van der Waals surface area contributed by atoms with Crippen molar-refractivity contribution in [2.45, 2.75) is 18.9 Å². The van der Waals surface area contributed by atoms with Crippen LogP contribution in [0.1, 0.15) is 12.8 Å². The highest BCUT2D eigenvalue weighted by Gasteiger charge is 2.27. The van der Waals surface area contributed by atoms with E-state index >= 15 is 0 Å². The Labute approximate surface area is 108 Å². The summed E-state index contributed by atoms with van der Waals surface area (Å²) in [6.07, 6.45) is 1.80. The summed E-state index contributed by atoms with van der Waals surface area (Å²) in [5.74, 6) is 0. The van der Waals surface area contributed by atoms with Crippen molar-refractivity contribution in [1.82, 2.24) is 4.72 Å². The van der Waals surface area contributed by atoms with Crippen LogP contribution in [0.4, 0.5) is 5.69 Å². The molecule has 0 unspecified atom stereocenters. The summed E-state index contributed by atoms with van der Waals surface area (Å²) in [6, 6.07) is 5.08. The average molecular weight is 326 g/mol. The van der Waals surface area contributed by atoms with Crippen LogP contribution in [0.5, 0.6) is 0 Å². The molecule has 1 aliphatic carbocycles. The maximum atomic E-state index is 11.6. The lowest BCUT2D eigenvalue weighted by Crippen LogP contribution is -2.31. The maximum Gasteiger partial charge on any atom is 0.299 e. The molecule has 0 bridgehead atoms. The summed E-state index contributed by atoms with van der Waals surface area (Å²) in [5, 5.41) is 0.464. The molecule has 0 aromatic heterocycles. The Morgan fingerprint density at radius 1 is 1.38 bits per heavy atom. The molecule has 2 N–H and O–H groups in total. The SMILES string of the molecule is O=S(=O)(Nc1cccc(Cl)c1Br)NC1CC1.